The molecule has 0 saturated carbocycles. The number of phenolic OH excluding ortho intramolecular Hbond substituents is 1. The minimum absolute atomic E-state index is 0.122. The van der Waals surface area contributed by atoms with Crippen molar-refractivity contribution < 1.29 is 18.3 Å². The highest BCUT2D eigenvalue weighted by atomic mass is 32.2. The lowest BCUT2D eigenvalue weighted by molar-refractivity contribution is 0.101. The first kappa shape index (κ1) is 20.0. The number of nitrogens with zero attached hydrogens (tertiary/aromatic N) is 2. The lowest BCUT2D eigenvalue weighted by Gasteiger charge is -2.22. The number of aromatic hydroxyl groups is 1. The van der Waals surface area contributed by atoms with Crippen molar-refractivity contribution in [2.75, 3.05) is 16.9 Å². The van der Waals surface area contributed by atoms with E-state index in [1.54, 1.807) is 25.1 Å². The molecule has 28 heavy (non-hydrogen) atoms. The second kappa shape index (κ2) is 8.12. The second-order valence-electron chi connectivity index (χ2n) is 6.49. The predicted octanol–water partition coefficient (Wildman–Crippen LogP) is 3.72. The minimum Gasteiger partial charge on any atom is -0.508 e. The summed E-state index contributed by atoms with van der Waals surface area (Å²) in [6, 6.07) is 16.5. The molecule has 1 N–H and O–H groups in total. The number of Topliss-reactive ketones (excluding diaryl/α,β-unsaturated/α-hetero) is 1. The highest BCUT2D eigenvalue weighted by Crippen LogP contribution is 2.34. The number of sulfone groups is 1. The van der Waals surface area contributed by atoms with Crippen LogP contribution in [0.1, 0.15) is 20.9 Å². The van der Waals surface area contributed by atoms with Crippen LogP contribution in [0.25, 0.3) is 0 Å². The van der Waals surface area contributed by atoms with E-state index >= 15 is 0 Å². The summed E-state index contributed by atoms with van der Waals surface area (Å²) in [6.45, 7) is 2.23. The van der Waals surface area contributed by atoms with Gasteiger partial charge in [-0.15, -0.1) is 11.3 Å². The van der Waals surface area contributed by atoms with Gasteiger partial charge in [0.1, 0.15) is 17.2 Å². The zero-order chi connectivity index (χ0) is 20.3. The van der Waals surface area contributed by atoms with Crippen molar-refractivity contribution in [2.24, 2.45) is 0 Å². The molecule has 0 saturated heterocycles. The smallest absolute Gasteiger partial charge is 0.197 e. The SMILES string of the molecule is Cc1sc(N(Cc2ccccc2)c2cccc(O)c2)nc1C(=O)CS(C)(=O)=O. The topological polar surface area (TPSA) is 87.6 Å². The van der Waals surface area contributed by atoms with E-state index in [2.05, 4.69) is 4.98 Å². The van der Waals surface area contributed by atoms with Crippen molar-refractivity contribution in [3.8, 4) is 5.75 Å². The van der Waals surface area contributed by atoms with Crippen LogP contribution in [0.3, 0.4) is 0 Å². The number of anilines is 2. The number of ketones is 1. The van der Waals surface area contributed by atoms with Crippen molar-refractivity contribution in [3.05, 3.63) is 70.7 Å². The number of carbonyl (C=O) groups is 1. The summed E-state index contributed by atoms with van der Waals surface area (Å²) in [4.78, 5) is 19.4. The van der Waals surface area contributed by atoms with Crippen LogP contribution in [0.15, 0.2) is 54.6 Å². The molecular formula is C20H20N2O4S2. The van der Waals surface area contributed by atoms with Crippen molar-refractivity contribution in [1.29, 1.82) is 0 Å². The van der Waals surface area contributed by atoms with Gasteiger partial charge in [0.25, 0.3) is 0 Å². The molecule has 8 heteroatoms. The third kappa shape index (κ3) is 4.96. The Hall–Kier alpha value is -2.71. The van der Waals surface area contributed by atoms with E-state index in [0.717, 1.165) is 17.5 Å². The molecule has 3 rings (SSSR count). The summed E-state index contributed by atoms with van der Waals surface area (Å²) in [6.07, 6.45) is 1.03. The minimum atomic E-state index is -3.44. The fraction of sp³-hybridized carbons (Fsp3) is 0.200. The average molecular weight is 417 g/mol. The van der Waals surface area contributed by atoms with E-state index in [1.165, 1.54) is 11.3 Å². The molecule has 0 aliphatic heterocycles. The zero-order valence-corrected chi connectivity index (χ0v) is 17.1. The summed E-state index contributed by atoms with van der Waals surface area (Å²) < 4.78 is 23.0. The molecule has 146 valence electrons. The maximum absolute atomic E-state index is 12.4. The van der Waals surface area contributed by atoms with Crippen LogP contribution in [-0.4, -0.2) is 36.3 Å². The van der Waals surface area contributed by atoms with Gasteiger partial charge in [-0.3, -0.25) is 4.79 Å². The fourth-order valence-corrected chi connectivity index (χ4v) is 4.32. The molecule has 1 aromatic heterocycles. The maximum atomic E-state index is 12.4. The molecule has 0 unspecified atom stereocenters. The highest BCUT2D eigenvalue weighted by molar-refractivity contribution is 7.91. The van der Waals surface area contributed by atoms with Crippen LogP contribution in [0.2, 0.25) is 0 Å². The third-order valence-corrected chi connectivity index (χ3v) is 5.78. The van der Waals surface area contributed by atoms with E-state index in [4.69, 9.17) is 0 Å². The van der Waals surface area contributed by atoms with Gasteiger partial charge >= 0.3 is 0 Å². The Balaban J connectivity index is 2.01. The standard InChI is InChI=1S/C20H20N2O4S2/c1-14-19(18(24)13-28(2,25)26)21-20(27-14)22(12-15-7-4-3-5-8-15)16-9-6-10-17(23)11-16/h3-11,23H,12-13H2,1-2H3. The molecule has 0 amide bonds. The Morgan fingerprint density at radius 2 is 1.86 bits per heavy atom. The first-order valence-electron chi connectivity index (χ1n) is 8.52. The van der Waals surface area contributed by atoms with Crippen LogP contribution >= 0.6 is 11.3 Å². The normalized spacial score (nSPS) is 11.4. The van der Waals surface area contributed by atoms with Gasteiger partial charge in [-0.2, -0.15) is 0 Å². The van der Waals surface area contributed by atoms with Crippen molar-refractivity contribution >= 4 is 37.8 Å². The van der Waals surface area contributed by atoms with Crippen molar-refractivity contribution in [1.82, 2.24) is 4.98 Å². The average Bonchev–Trinajstić information content (AvgIpc) is 3.01. The van der Waals surface area contributed by atoms with Crippen LogP contribution in [0.5, 0.6) is 5.75 Å². The lowest BCUT2D eigenvalue weighted by Crippen LogP contribution is -2.18. The van der Waals surface area contributed by atoms with Crippen LogP contribution in [-0.2, 0) is 16.4 Å². The Morgan fingerprint density at radius 3 is 2.50 bits per heavy atom. The lowest BCUT2D eigenvalue weighted by atomic mass is 10.2. The van der Waals surface area contributed by atoms with Gasteiger partial charge in [-0.25, -0.2) is 13.4 Å². The summed E-state index contributed by atoms with van der Waals surface area (Å²) >= 11 is 1.31. The second-order valence-corrected chi connectivity index (χ2v) is 9.81. The largest absolute Gasteiger partial charge is 0.508 e. The molecule has 0 aliphatic carbocycles. The first-order valence-corrected chi connectivity index (χ1v) is 11.4. The number of aromatic nitrogens is 1. The quantitative estimate of drug-likeness (QED) is 0.591. The molecular weight excluding hydrogens is 396 g/mol. The number of thiazole rings is 1. The fourth-order valence-electron chi connectivity index (χ4n) is 2.76. The van der Waals surface area contributed by atoms with Gasteiger partial charge in [0.05, 0.1) is 6.54 Å². The third-order valence-electron chi connectivity index (χ3n) is 4.00. The molecule has 6 nitrogen and oxygen atoms in total. The van der Waals surface area contributed by atoms with Gasteiger partial charge in [0.2, 0.25) is 0 Å². The summed E-state index contributed by atoms with van der Waals surface area (Å²) in [5, 5.41) is 10.4. The number of carbonyl (C=O) groups excluding carboxylic acids is 1. The number of hydrogen-bond acceptors (Lipinski definition) is 7. The molecule has 0 fully saturated rings. The van der Waals surface area contributed by atoms with E-state index in [0.29, 0.717) is 16.6 Å². The number of phenols is 1. The van der Waals surface area contributed by atoms with E-state index in [9.17, 15) is 18.3 Å². The summed E-state index contributed by atoms with van der Waals surface area (Å²) in [5.41, 5.74) is 1.92. The zero-order valence-electron chi connectivity index (χ0n) is 15.5. The van der Waals surface area contributed by atoms with Crippen LogP contribution in [0.4, 0.5) is 10.8 Å². The molecule has 0 atom stereocenters. The predicted molar refractivity (Wildman–Crippen MR) is 111 cm³/mol. The van der Waals surface area contributed by atoms with Gasteiger partial charge in [0.15, 0.2) is 20.8 Å². The van der Waals surface area contributed by atoms with Gasteiger partial charge in [0, 0.05) is 22.9 Å². The van der Waals surface area contributed by atoms with Crippen LogP contribution < -0.4 is 4.90 Å². The van der Waals surface area contributed by atoms with E-state index in [1.807, 2.05) is 41.3 Å². The number of aryl methyl sites for hydroxylation is 1. The Morgan fingerprint density at radius 1 is 1.14 bits per heavy atom. The summed E-state index contributed by atoms with van der Waals surface area (Å²) in [7, 11) is -3.44. The molecule has 0 radical (unpaired) electrons. The van der Waals surface area contributed by atoms with E-state index in [-0.39, 0.29) is 11.4 Å². The van der Waals surface area contributed by atoms with Gasteiger partial charge < -0.3 is 10.0 Å². The van der Waals surface area contributed by atoms with Gasteiger partial charge in [-0.1, -0.05) is 36.4 Å². The van der Waals surface area contributed by atoms with E-state index < -0.39 is 21.4 Å². The van der Waals surface area contributed by atoms with Crippen LogP contribution in [0, 0.1) is 6.92 Å². The maximum Gasteiger partial charge on any atom is 0.197 e. The molecule has 0 bridgehead atoms. The Labute approximate surface area is 168 Å². The summed E-state index contributed by atoms with van der Waals surface area (Å²) in [5.74, 6) is -0.961. The Bertz CT molecular complexity index is 1090. The molecule has 3 aromatic rings. The molecule has 0 aliphatic rings. The molecule has 2 aromatic carbocycles. The first-order chi connectivity index (χ1) is 13.2. The van der Waals surface area contributed by atoms with Crippen molar-refractivity contribution in [2.45, 2.75) is 13.5 Å². The Kier molecular flexibility index (Phi) is 5.81. The number of benzene rings is 2. The van der Waals surface area contributed by atoms with Gasteiger partial charge in [-0.05, 0) is 24.6 Å². The highest BCUT2D eigenvalue weighted by Gasteiger charge is 2.23. The van der Waals surface area contributed by atoms with Crippen molar-refractivity contribution in [3.63, 3.8) is 0 Å². The molecule has 1 heterocycles. The molecule has 0 spiro atoms. The number of rotatable bonds is 7. The monoisotopic (exact) mass is 416 g/mol. The number of hydrogen-bond donors (Lipinski definition) is 1.